The van der Waals surface area contributed by atoms with Crippen LogP contribution in [0.1, 0.15) is 0 Å². The Bertz CT molecular complexity index is 28.0. The lowest BCUT2D eigenvalue weighted by molar-refractivity contribution is 0.120. The van der Waals surface area contributed by atoms with Gasteiger partial charge in [-0.1, -0.05) is 0 Å². The number of hydrogen-bond donors (Lipinski definition) is 3. The van der Waals surface area contributed by atoms with Gasteiger partial charge in [0.05, 0.1) is 0 Å². The number of nitrogens with one attached hydrogen (secondary N) is 2. The minimum absolute atomic E-state index is 0.565. The molecule has 0 aliphatic rings. The summed E-state index contributed by atoms with van der Waals surface area (Å²) >= 11 is 0. The first-order chi connectivity index (χ1) is 2.81. The molecule has 0 aliphatic heterocycles. The maximum absolute atomic E-state index is 8.44. The summed E-state index contributed by atoms with van der Waals surface area (Å²) < 4.78 is 0. The van der Waals surface area contributed by atoms with E-state index in [4.69, 9.17) is 5.11 Å². The van der Waals surface area contributed by atoms with Crippen molar-refractivity contribution in [3.63, 3.8) is 0 Å². The molecule has 0 amide bonds. The van der Waals surface area contributed by atoms with Gasteiger partial charge in [0.15, 0.2) is 6.35 Å². The molecule has 0 radical (unpaired) electrons. The van der Waals surface area contributed by atoms with E-state index in [9.17, 15) is 0 Å². The first-order valence-corrected chi connectivity index (χ1v) is 1.84. The van der Waals surface area contributed by atoms with Crippen LogP contribution in [0.15, 0.2) is 0 Å². The Hall–Kier alpha value is -0.120. The molecule has 0 aliphatic carbocycles. The normalized spacial score (nSPS) is 10.0. The van der Waals surface area contributed by atoms with Crippen molar-refractivity contribution in [2.24, 2.45) is 0 Å². The van der Waals surface area contributed by atoms with Gasteiger partial charge in [0.1, 0.15) is 0 Å². The maximum Gasteiger partial charge on any atom is 0.159 e. The third kappa shape index (κ3) is 2.14. The SMILES string of the molecule is CNC(O)NC. The van der Waals surface area contributed by atoms with Gasteiger partial charge in [0.25, 0.3) is 0 Å². The topological polar surface area (TPSA) is 44.3 Å². The van der Waals surface area contributed by atoms with E-state index in [1.54, 1.807) is 14.1 Å². The van der Waals surface area contributed by atoms with Gasteiger partial charge in [0, 0.05) is 0 Å². The molecule has 0 saturated carbocycles. The quantitative estimate of drug-likeness (QED) is 0.369. The molecule has 3 N–H and O–H groups in total. The molecular formula is C3H10N2O. The molecule has 0 unspecified atom stereocenters. The predicted octanol–water partition coefficient (Wildman–Crippen LogP) is -1.30. The van der Waals surface area contributed by atoms with E-state index >= 15 is 0 Å². The highest BCUT2D eigenvalue weighted by atomic mass is 16.3. The lowest BCUT2D eigenvalue weighted by Gasteiger charge is -2.03. The summed E-state index contributed by atoms with van der Waals surface area (Å²) in [5, 5.41) is 13.6. The molecule has 0 saturated heterocycles. The van der Waals surface area contributed by atoms with Crippen LogP contribution in [0.4, 0.5) is 0 Å². The summed E-state index contributed by atoms with van der Waals surface area (Å²) in [5.74, 6) is 0. The van der Waals surface area contributed by atoms with Gasteiger partial charge in [-0.05, 0) is 14.1 Å². The fraction of sp³-hybridized carbons (Fsp3) is 1.00. The van der Waals surface area contributed by atoms with Crippen LogP contribution in [-0.4, -0.2) is 25.6 Å². The molecule has 0 aromatic rings. The molecule has 38 valence electrons. The van der Waals surface area contributed by atoms with Crippen molar-refractivity contribution in [3.8, 4) is 0 Å². The fourth-order valence-corrected chi connectivity index (χ4v) is 0.144. The van der Waals surface area contributed by atoms with E-state index in [0.717, 1.165) is 0 Å². The molecule has 0 atom stereocenters. The average Bonchev–Trinajstić information content (AvgIpc) is 1.65. The molecule has 0 fully saturated rings. The molecule has 3 heteroatoms. The van der Waals surface area contributed by atoms with Crippen molar-refractivity contribution < 1.29 is 5.11 Å². The van der Waals surface area contributed by atoms with E-state index in [1.807, 2.05) is 0 Å². The fourth-order valence-electron chi connectivity index (χ4n) is 0.144. The summed E-state index contributed by atoms with van der Waals surface area (Å²) in [5.41, 5.74) is 0. The molecule has 6 heavy (non-hydrogen) atoms. The van der Waals surface area contributed by atoms with E-state index < -0.39 is 6.35 Å². The summed E-state index contributed by atoms with van der Waals surface area (Å²) in [6.45, 7) is 0. The summed E-state index contributed by atoms with van der Waals surface area (Å²) in [6.07, 6.45) is -0.565. The highest BCUT2D eigenvalue weighted by molar-refractivity contribution is 4.33. The molecule has 0 spiro atoms. The van der Waals surface area contributed by atoms with Gasteiger partial charge in [-0.2, -0.15) is 0 Å². The third-order valence-corrected chi connectivity index (χ3v) is 0.547. The van der Waals surface area contributed by atoms with Gasteiger partial charge in [-0.3, -0.25) is 10.6 Å². The molecular weight excluding hydrogens is 80.0 g/mol. The Kier molecular flexibility index (Phi) is 3.02. The van der Waals surface area contributed by atoms with Gasteiger partial charge in [-0.15, -0.1) is 0 Å². The van der Waals surface area contributed by atoms with Gasteiger partial charge >= 0.3 is 0 Å². The highest BCUT2D eigenvalue weighted by Crippen LogP contribution is 1.54. The van der Waals surface area contributed by atoms with E-state index in [2.05, 4.69) is 10.6 Å². The maximum atomic E-state index is 8.44. The van der Waals surface area contributed by atoms with Crippen molar-refractivity contribution >= 4 is 0 Å². The van der Waals surface area contributed by atoms with Crippen LogP contribution in [0.2, 0.25) is 0 Å². The third-order valence-electron chi connectivity index (χ3n) is 0.547. The van der Waals surface area contributed by atoms with Gasteiger partial charge in [0.2, 0.25) is 0 Å². The van der Waals surface area contributed by atoms with Crippen molar-refractivity contribution in [1.29, 1.82) is 0 Å². The number of hydrogen-bond acceptors (Lipinski definition) is 3. The van der Waals surface area contributed by atoms with Gasteiger partial charge in [-0.25, -0.2) is 0 Å². The lowest BCUT2D eigenvalue weighted by atomic mass is 10.9. The molecule has 0 heterocycles. The number of rotatable bonds is 2. The van der Waals surface area contributed by atoms with Gasteiger partial charge < -0.3 is 5.11 Å². The second-order valence-corrected chi connectivity index (χ2v) is 0.980. The second kappa shape index (κ2) is 3.08. The monoisotopic (exact) mass is 90.1 g/mol. The summed E-state index contributed by atoms with van der Waals surface area (Å²) in [7, 11) is 3.34. The molecule has 0 rings (SSSR count). The van der Waals surface area contributed by atoms with Crippen molar-refractivity contribution in [2.75, 3.05) is 14.1 Å². The van der Waals surface area contributed by atoms with Crippen LogP contribution in [0.5, 0.6) is 0 Å². The lowest BCUT2D eigenvalue weighted by Crippen LogP contribution is -2.36. The Morgan fingerprint density at radius 3 is 1.67 bits per heavy atom. The first-order valence-electron chi connectivity index (χ1n) is 1.84. The zero-order valence-electron chi connectivity index (χ0n) is 4.02. The zero-order chi connectivity index (χ0) is 4.99. The van der Waals surface area contributed by atoms with Crippen LogP contribution >= 0.6 is 0 Å². The van der Waals surface area contributed by atoms with E-state index in [-0.39, 0.29) is 0 Å². The molecule has 0 aromatic carbocycles. The van der Waals surface area contributed by atoms with Crippen molar-refractivity contribution in [1.82, 2.24) is 10.6 Å². The number of aliphatic hydroxyl groups is 1. The minimum atomic E-state index is -0.565. The van der Waals surface area contributed by atoms with Crippen LogP contribution < -0.4 is 10.6 Å². The van der Waals surface area contributed by atoms with Crippen LogP contribution in [0, 0.1) is 0 Å². The van der Waals surface area contributed by atoms with Crippen molar-refractivity contribution in [3.05, 3.63) is 0 Å². The van der Waals surface area contributed by atoms with E-state index in [1.165, 1.54) is 0 Å². The highest BCUT2D eigenvalue weighted by Gasteiger charge is 1.86. The Labute approximate surface area is 37.4 Å². The van der Waals surface area contributed by atoms with Crippen LogP contribution in [0.3, 0.4) is 0 Å². The zero-order valence-corrected chi connectivity index (χ0v) is 4.02. The Morgan fingerprint density at radius 1 is 1.33 bits per heavy atom. The largest absolute Gasteiger partial charge is 0.365 e. The number of aliphatic hydroxyl groups excluding tert-OH is 1. The molecule has 0 aromatic heterocycles. The Balaban J connectivity index is 2.75. The molecule has 3 nitrogen and oxygen atoms in total. The Morgan fingerprint density at radius 2 is 1.67 bits per heavy atom. The summed E-state index contributed by atoms with van der Waals surface area (Å²) in [4.78, 5) is 0. The standard InChI is InChI=1S/C3H10N2O/c1-4-3(6)5-2/h3-6H,1-2H3. The average molecular weight is 90.1 g/mol. The van der Waals surface area contributed by atoms with E-state index in [0.29, 0.717) is 0 Å². The van der Waals surface area contributed by atoms with Crippen LogP contribution in [0.25, 0.3) is 0 Å². The second-order valence-electron chi connectivity index (χ2n) is 0.980. The smallest absolute Gasteiger partial charge is 0.159 e. The predicted molar refractivity (Wildman–Crippen MR) is 24.1 cm³/mol. The van der Waals surface area contributed by atoms with Crippen LogP contribution in [-0.2, 0) is 0 Å². The minimum Gasteiger partial charge on any atom is -0.365 e. The molecule has 0 bridgehead atoms. The summed E-state index contributed by atoms with van der Waals surface area (Å²) in [6, 6.07) is 0. The first kappa shape index (κ1) is 5.88. The van der Waals surface area contributed by atoms with Crippen molar-refractivity contribution in [2.45, 2.75) is 6.35 Å².